The zero-order valence-corrected chi connectivity index (χ0v) is 13.0. The van der Waals surface area contributed by atoms with E-state index in [2.05, 4.69) is 27.7 Å². The molecule has 2 fully saturated rings. The Balaban J connectivity index is 0.000000173. The Morgan fingerprint density at radius 3 is 1.38 bits per heavy atom. The van der Waals surface area contributed by atoms with E-state index in [9.17, 15) is 0 Å². The summed E-state index contributed by atoms with van der Waals surface area (Å²) in [5.41, 5.74) is -0.370. The van der Waals surface area contributed by atoms with E-state index in [1.54, 1.807) is 0 Å². The van der Waals surface area contributed by atoms with Gasteiger partial charge in [-0.25, -0.2) is 0 Å². The van der Waals surface area contributed by atoms with Crippen LogP contribution >= 0.6 is 0 Å². The number of epoxide rings is 2. The standard InChI is InChI=1S/C10H18O3.C6H6O2/c1-9(2,7-5-11-7)13-10(3,4)8-6-12-8;7-5-1-2-6(8)4-3-5/h7-8H,5-6H2,1-4H3;1-4,7-8H. The molecule has 1 aromatic carbocycles. The molecule has 21 heavy (non-hydrogen) atoms. The summed E-state index contributed by atoms with van der Waals surface area (Å²) in [5, 5.41) is 17.3. The Hall–Kier alpha value is -1.30. The third-order valence-corrected chi connectivity index (χ3v) is 3.59. The first-order valence-electron chi connectivity index (χ1n) is 7.12. The van der Waals surface area contributed by atoms with Gasteiger partial charge in [0.15, 0.2) is 0 Å². The van der Waals surface area contributed by atoms with Crippen molar-refractivity contribution in [1.29, 1.82) is 0 Å². The average Bonchev–Trinajstić information content (AvgIpc) is 3.24. The van der Waals surface area contributed by atoms with Gasteiger partial charge in [0.05, 0.1) is 24.4 Å². The van der Waals surface area contributed by atoms with Gasteiger partial charge in [-0.1, -0.05) is 0 Å². The second kappa shape index (κ2) is 5.83. The molecule has 2 heterocycles. The van der Waals surface area contributed by atoms with Gasteiger partial charge < -0.3 is 24.4 Å². The van der Waals surface area contributed by atoms with Crippen molar-refractivity contribution in [2.75, 3.05) is 13.2 Å². The van der Waals surface area contributed by atoms with Crippen molar-refractivity contribution in [3.63, 3.8) is 0 Å². The molecule has 0 radical (unpaired) electrons. The van der Waals surface area contributed by atoms with Crippen LogP contribution in [0.5, 0.6) is 11.5 Å². The monoisotopic (exact) mass is 296 g/mol. The minimum Gasteiger partial charge on any atom is -0.508 e. The van der Waals surface area contributed by atoms with Gasteiger partial charge in [-0.15, -0.1) is 0 Å². The molecule has 1 aromatic rings. The maximum atomic E-state index is 8.65. The van der Waals surface area contributed by atoms with E-state index in [0.717, 1.165) is 13.2 Å². The topological polar surface area (TPSA) is 74.8 Å². The molecule has 0 spiro atoms. The van der Waals surface area contributed by atoms with Gasteiger partial charge in [0, 0.05) is 0 Å². The highest BCUT2D eigenvalue weighted by atomic mass is 16.6. The summed E-state index contributed by atoms with van der Waals surface area (Å²) < 4.78 is 16.5. The zero-order valence-electron chi connectivity index (χ0n) is 13.0. The van der Waals surface area contributed by atoms with Gasteiger partial charge in [-0.05, 0) is 52.0 Å². The zero-order chi connectivity index (χ0) is 15.7. The van der Waals surface area contributed by atoms with Crippen LogP contribution in [0.25, 0.3) is 0 Å². The Labute approximate surface area is 125 Å². The maximum Gasteiger partial charge on any atom is 0.115 e. The molecule has 5 heteroatoms. The Kier molecular flexibility index (Phi) is 4.46. The molecular formula is C16H24O5. The van der Waals surface area contributed by atoms with Crippen molar-refractivity contribution in [2.24, 2.45) is 0 Å². The lowest BCUT2D eigenvalue weighted by Gasteiger charge is -2.34. The van der Waals surface area contributed by atoms with Crippen molar-refractivity contribution in [3.8, 4) is 11.5 Å². The number of phenols is 2. The van der Waals surface area contributed by atoms with E-state index in [1.165, 1.54) is 24.3 Å². The second-order valence-corrected chi connectivity index (χ2v) is 6.47. The first-order valence-corrected chi connectivity index (χ1v) is 7.12. The number of hydrogen-bond acceptors (Lipinski definition) is 5. The quantitative estimate of drug-likeness (QED) is 0.659. The Morgan fingerprint density at radius 1 is 0.857 bits per heavy atom. The molecule has 118 valence electrons. The fraction of sp³-hybridized carbons (Fsp3) is 0.625. The van der Waals surface area contributed by atoms with Crippen molar-refractivity contribution < 1.29 is 24.4 Å². The number of phenolic OH excluding ortho intramolecular Hbond substituents is 2. The first kappa shape index (κ1) is 16.1. The predicted octanol–water partition coefficient (Wildman–Crippen LogP) is 2.46. The van der Waals surface area contributed by atoms with Gasteiger partial charge in [0.25, 0.3) is 0 Å². The summed E-state index contributed by atoms with van der Waals surface area (Å²) in [7, 11) is 0. The molecule has 0 amide bonds. The summed E-state index contributed by atoms with van der Waals surface area (Å²) in [6.07, 6.45) is 0.538. The largest absolute Gasteiger partial charge is 0.508 e. The molecule has 2 N–H and O–H groups in total. The fourth-order valence-electron chi connectivity index (χ4n) is 2.16. The van der Waals surface area contributed by atoms with Crippen LogP contribution in [0.15, 0.2) is 24.3 Å². The summed E-state index contributed by atoms with van der Waals surface area (Å²) in [4.78, 5) is 0. The van der Waals surface area contributed by atoms with Crippen molar-refractivity contribution >= 4 is 0 Å². The van der Waals surface area contributed by atoms with Crippen molar-refractivity contribution in [1.82, 2.24) is 0 Å². The number of rotatable bonds is 4. The lowest BCUT2D eigenvalue weighted by atomic mass is 10.0. The highest BCUT2D eigenvalue weighted by Gasteiger charge is 2.49. The number of ether oxygens (including phenoxy) is 3. The van der Waals surface area contributed by atoms with Crippen LogP contribution in [0, 0.1) is 0 Å². The van der Waals surface area contributed by atoms with Gasteiger partial charge in [0.2, 0.25) is 0 Å². The minimum absolute atomic E-state index is 0.169. The van der Waals surface area contributed by atoms with Crippen LogP contribution in [0.1, 0.15) is 27.7 Å². The predicted molar refractivity (Wildman–Crippen MR) is 78.5 cm³/mol. The number of aromatic hydroxyl groups is 2. The normalized spacial score (nSPS) is 24.0. The highest BCUT2D eigenvalue weighted by Crippen LogP contribution is 2.36. The molecular weight excluding hydrogens is 272 g/mol. The van der Waals surface area contributed by atoms with Gasteiger partial charge in [-0.2, -0.15) is 0 Å². The molecule has 2 unspecified atom stereocenters. The van der Waals surface area contributed by atoms with E-state index in [1.807, 2.05) is 0 Å². The maximum absolute atomic E-state index is 8.65. The van der Waals surface area contributed by atoms with Crippen molar-refractivity contribution in [2.45, 2.75) is 51.1 Å². The average molecular weight is 296 g/mol. The molecule has 0 saturated carbocycles. The number of hydrogen-bond donors (Lipinski definition) is 2. The van der Waals surface area contributed by atoms with Crippen LogP contribution in [0.3, 0.4) is 0 Å². The molecule has 2 saturated heterocycles. The van der Waals surface area contributed by atoms with Crippen LogP contribution in [-0.2, 0) is 14.2 Å². The second-order valence-electron chi connectivity index (χ2n) is 6.47. The van der Waals surface area contributed by atoms with Crippen LogP contribution in [0.4, 0.5) is 0 Å². The Morgan fingerprint density at radius 2 is 1.14 bits per heavy atom. The highest BCUT2D eigenvalue weighted by molar-refractivity contribution is 5.28. The fourth-order valence-corrected chi connectivity index (χ4v) is 2.16. The molecule has 2 aliphatic heterocycles. The smallest absolute Gasteiger partial charge is 0.115 e. The van der Waals surface area contributed by atoms with Gasteiger partial charge in [-0.3, -0.25) is 0 Å². The number of benzene rings is 1. The van der Waals surface area contributed by atoms with E-state index < -0.39 is 0 Å². The first-order chi connectivity index (χ1) is 9.71. The van der Waals surface area contributed by atoms with E-state index in [0.29, 0.717) is 0 Å². The summed E-state index contributed by atoms with van der Waals surface area (Å²) in [6, 6.07) is 5.70. The Bertz CT molecular complexity index is 415. The molecule has 0 bridgehead atoms. The molecule has 5 nitrogen and oxygen atoms in total. The van der Waals surface area contributed by atoms with Crippen LogP contribution in [-0.4, -0.2) is 46.8 Å². The minimum atomic E-state index is -0.185. The molecule has 0 aliphatic carbocycles. The lowest BCUT2D eigenvalue weighted by molar-refractivity contribution is -0.142. The summed E-state index contributed by atoms with van der Waals surface area (Å²) in [5.74, 6) is 0.339. The van der Waals surface area contributed by atoms with Crippen LogP contribution in [0.2, 0.25) is 0 Å². The van der Waals surface area contributed by atoms with Gasteiger partial charge >= 0.3 is 0 Å². The van der Waals surface area contributed by atoms with Gasteiger partial charge in [0.1, 0.15) is 23.7 Å². The SMILES string of the molecule is CC(C)(OC(C)(C)C1CO1)C1CO1.Oc1ccc(O)cc1. The molecule has 3 rings (SSSR count). The van der Waals surface area contributed by atoms with E-state index in [4.69, 9.17) is 24.4 Å². The van der Waals surface area contributed by atoms with E-state index in [-0.39, 0.29) is 34.9 Å². The third kappa shape index (κ3) is 4.88. The summed E-state index contributed by atoms with van der Waals surface area (Å²) >= 11 is 0. The third-order valence-electron chi connectivity index (χ3n) is 3.59. The van der Waals surface area contributed by atoms with Crippen molar-refractivity contribution in [3.05, 3.63) is 24.3 Å². The lowest BCUT2D eigenvalue weighted by Crippen LogP contribution is -2.44. The summed E-state index contributed by atoms with van der Waals surface area (Å²) in [6.45, 7) is 9.97. The molecule has 2 aliphatic rings. The molecule has 2 atom stereocenters. The van der Waals surface area contributed by atoms with E-state index >= 15 is 0 Å². The molecule has 0 aromatic heterocycles. The van der Waals surface area contributed by atoms with Crippen LogP contribution < -0.4 is 0 Å².